The van der Waals surface area contributed by atoms with Gasteiger partial charge in [0.15, 0.2) is 0 Å². The Kier molecular flexibility index (Phi) is 4.48. The lowest BCUT2D eigenvalue weighted by molar-refractivity contribution is 0.0915. The van der Waals surface area contributed by atoms with Crippen LogP contribution in [0.4, 0.5) is 0 Å². The Morgan fingerprint density at radius 3 is 2.55 bits per heavy atom. The first-order valence-electron chi connectivity index (χ1n) is 6.53. The monoisotopic (exact) mass is 270 g/mol. The average molecular weight is 270 g/mol. The summed E-state index contributed by atoms with van der Waals surface area (Å²) in [6, 6.07) is 12.8. The summed E-state index contributed by atoms with van der Waals surface area (Å²) >= 11 is 0. The third kappa shape index (κ3) is 3.42. The second-order valence-corrected chi connectivity index (χ2v) is 4.72. The standard InChI is InChI=1S/C16H18N2O2/c1-11-8-9-14(12(2)18-11)16(20)17-10-15(19)13-6-4-3-5-7-13/h3-9,15,19H,10H2,1-2H3,(H,17,20). The van der Waals surface area contributed by atoms with Gasteiger partial charge in [0.1, 0.15) is 0 Å². The van der Waals surface area contributed by atoms with Gasteiger partial charge in [-0.05, 0) is 31.5 Å². The van der Waals surface area contributed by atoms with Crippen LogP contribution in [0.25, 0.3) is 0 Å². The van der Waals surface area contributed by atoms with Crippen LogP contribution in [0.3, 0.4) is 0 Å². The fraction of sp³-hybridized carbons (Fsp3) is 0.250. The molecule has 0 saturated heterocycles. The number of aliphatic hydroxyl groups is 1. The van der Waals surface area contributed by atoms with Gasteiger partial charge in [-0.25, -0.2) is 0 Å². The van der Waals surface area contributed by atoms with E-state index in [1.807, 2.05) is 37.3 Å². The Hall–Kier alpha value is -2.20. The number of pyridine rings is 1. The predicted molar refractivity (Wildman–Crippen MR) is 77.4 cm³/mol. The van der Waals surface area contributed by atoms with Crippen LogP contribution in [-0.2, 0) is 0 Å². The van der Waals surface area contributed by atoms with Gasteiger partial charge in [-0.15, -0.1) is 0 Å². The molecular weight excluding hydrogens is 252 g/mol. The fourth-order valence-electron chi connectivity index (χ4n) is 2.00. The van der Waals surface area contributed by atoms with Crippen LogP contribution < -0.4 is 5.32 Å². The molecule has 0 bridgehead atoms. The summed E-state index contributed by atoms with van der Waals surface area (Å²) in [6.45, 7) is 3.86. The number of carbonyl (C=O) groups excluding carboxylic acids is 1. The summed E-state index contributed by atoms with van der Waals surface area (Å²) in [5.74, 6) is -0.218. The van der Waals surface area contributed by atoms with E-state index in [1.165, 1.54) is 0 Å². The van der Waals surface area contributed by atoms with Crippen molar-refractivity contribution in [1.82, 2.24) is 10.3 Å². The highest BCUT2D eigenvalue weighted by molar-refractivity contribution is 5.95. The van der Waals surface area contributed by atoms with Crippen LogP contribution in [0.1, 0.15) is 33.4 Å². The van der Waals surface area contributed by atoms with Crippen molar-refractivity contribution in [2.75, 3.05) is 6.54 Å². The van der Waals surface area contributed by atoms with Crippen molar-refractivity contribution in [3.05, 3.63) is 65.0 Å². The molecule has 0 radical (unpaired) electrons. The number of aliphatic hydroxyl groups excluding tert-OH is 1. The number of nitrogens with zero attached hydrogens (tertiary/aromatic N) is 1. The van der Waals surface area contributed by atoms with E-state index in [2.05, 4.69) is 10.3 Å². The molecular formula is C16H18N2O2. The molecule has 0 aliphatic carbocycles. The lowest BCUT2D eigenvalue weighted by Gasteiger charge is -2.13. The number of hydrogen-bond donors (Lipinski definition) is 2. The lowest BCUT2D eigenvalue weighted by atomic mass is 10.1. The van der Waals surface area contributed by atoms with Gasteiger partial charge >= 0.3 is 0 Å². The van der Waals surface area contributed by atoms with Gasteiger partial charge in [0.05, 0.1) is 17.4 Å². The van der Waals surface area contributed by atoms with Gasteiger partial charge in [-0.1, -0.05) is 30.3 Å². The van der Waals surface area contributed by atoms with E-state index in [0.717, 1.165) is 11.3 Å². The zero-order chi connectivity index (χ0) is 14.5. The maximum Gasteiger partial charge on any atom is 0.253 e. The molecule has 1 aromatic heterocycles. The van der Waals surface area contributed by atoms with E-state index in [4.69, 9.17) is 0 Å². The molecule has 2 N–H and O–H groups in total. The van der Waals surface area contributed by atoms with Crippen molar-refractivity contribution < 1.29 is 9.90 Å². The number of aromatic nitrogens is 1. The van der Waals surface area contributed by atoms with Gasteiger partial charge < -0.3 is 10.4 Å². The van der Waals surface area contributed by atoms with Crippen molar-refractivity contribution in [1.29, 1.82) is 0 Å². The number of carbonyl (C=O) groups is 1. The highest BCUT2D eigenvalue weighted by Gasteiger charge is 2.12. The molecule has 20 heavy (non-hydrogen) atoms. The summed E-state index contributed by atoms with van der Waals surface area (Å²) in [6.07, 6.45) is -0.709. The molecule has 2 aromatic rings. The number of rotatable bonds is 4. The molecule has 4 nitrogen and oxygen atoms in total. The quantitative estimate of drug-likeness (QED) is 0.895. The second kappa shape index (κ2) is 6.30. The third-order valence-electron chi connectivity index (χ3n) is 3.11. The van der Waals surface area contributed by atoms with E-state index in [1.54, 1.807) is 19.1 Å². The Balaban J connectivity index is 1.99. The molecule has 1 unspecified atom stereocenters. The molecule has 4 heteroatoms. The molecule has 0 spiro atoms. The summed E-state index contributed by atoms with van der Waals surface area (Å²) < 4.78 is 0. The maximum atomic E-state index is 12.1. The summed E-state index contributed by atoms with van der Waals surface area (Å²) in [4.78, 5) is 16.3. The zero-order valence-corrected chi connectivity index (χ0v) is 11.6. The number of nitrogens with one attached hydrogen (secondary N) is 1. The Labute approximate surface area is 118 Å². The number of amides is 1. The fourth-order valence-corrected chi connectivity index (χ4v) is 2.00. The van der Waals surface area contributed by atoms with Crippen LogP contribution in [0.15, 0.2) is 42.5 Å². The highest BCUT2D eigenvalue weighted by Crippen LogP contribution is 2.11. The largest absolute Gasteiger partial charge is 0.387 e. The van der Waals surface area contributed by atoms with Crippen molar-refractivity contribution in [3.63, 3.8) is 0 Å². The summed E-state index contributed by atoms with van der Waals surface area (Å²) in [5.41, 5.74) is 2.89. The molecule has 2 rings (SSSR count). The SMILES string of the molecule is Cc1ccc(C(=O)NCC(O)c2ccccc2)c(C)n1. The van der Waals surface area contributed by atoms with E-state index in [-0.39, 0.29) is 12.5 Å². The molecule has 0 aliphatic rings. The van der Waals surface area contributed by atoms with Gasteiger partial charge in [0.2, 0.25) is 0 Å². The van der Waals surface area contributed by atoms with Crippen molar-refractivity contribution >= 4 is 5.91 Å². The Morgan fingerprint density at radius 2 is 1.90 bits per heavy atom. The number of hydrogen-bond acceptors (Lipinski definition) is 3. The van der Waals surface area contributed by atoms with E-state index < -0.39 is 6.10 Å². The number of aryl methyl sites for hydroxylation is 2. The smallest absolute Gasteiger partial charge is 0.253 e. The summed E-state index contributed by atoms with van der Waals surface area (Å²) in [7, 11) is 0. The average Bonchev–Trinajstić information content (AvgIpc) is 2.45. The van der Waals surface area contributed by atoms with Gasteiger partial charge in [-0.3, -0.25) is 9.78 Å². The first kappa shape index (κ1) is 14.2. The maximum absolute atomic E-state index is 12.1. The van der Waals surface area contributed by atoms with E-state index >= 15 is 0 Å². The lowest BCUT2D eigenvalue weighted by Crippen LogP contribution is -2.29. The van der Waals surface area contributed by atoms with E-state index in [0.29, 0.717) is 11.3 Å². The second-order valence-electron chi connectivity index (χ2n) is 4.72. The van der Waals surface area contributed by atoms with Gasteiger partial charge in [0.25, 0.3) is 5.91 Å². The normalized spacial score (nSPS) is 11.9. The predicted octanol–water partition coefficient (Wildman–Crippen LogP) is 2.16. The topological polar surface area (TPSA) is 62.2 Å². The van der Waals surface area contributed by atoms with Crippen LogP contribution in [0.2, 0.25) is 0 Å². The van der Waals surface area contributed by atoms with Crippen LogP contribution in [-0.4, -0.2) is 22.5 Å². The number of benzene rings is 1. The van der Waals surface area contributed by atoms with Crippen molar-refractivity contribution in [2.45, 2.75) is 20.0 Å². The molecule has 104 valence electrons. The molecule has 0 saturated carbocycles. The molecule has 1 aromatic carbocycles. The third-order valence-corrected chi connectivity index (χ3v) is 3.11. The van der Waals surface area contributed by atoms with E-state index in [9.17, 15) is 9.90 Å². The zero-order valence-electron chi connectivity index (χ0n) is 11.6. The summed E-state index contributed by atoms with van der Waals surface area (Å²) in [5, 5.41) is 12.7. The minimum atomic E-state index is -0.709. The molecule has 1 heterocycles. The molecule has 0 fully saturated rings. The minimum absolute atomic E-state index is 0.177. The Morgan fingerprint density at radius 1 is 1.20 bits per heavy atom. The van der Waals surface area contributed by atoms with Crippen LogP contribution in [0.5, 0.6) is 0 Å². The highest BCUT2D eigenvalue weighted by atomic mass is 16.3. The Bertz CT molecular complexity index is 597. The molecule has 1 amide bonds. The first-order chi connectivity index (χ1) is 9.58. The molecule has 1 atom stereocenters. The van der Waals surface area contributed by atoms with Crippen molar-refractivity contribution in [2.24, 2.45) is 0 Å². The van der Waals surface area contributed by atoms with Gasteiger partial charge in [0, 0.05) is 12.2 Å². The van der Waals surface area contributed by atoms with Crippen LogP contribution >= 0.6 is 0 Å². The van der Waals surface area contributed by atoms with Crippen LogP contribution in [0, 0.1) is 13.8 Å². The molecule has 0 aliphatic heterocycles. The first-order valence-corrected chi connectivity index (χ1v) is 6.53. The minimum Gasteiger partial charge on any atom is -0.387 e. The van der Waals surface area contributed by atoms with Gasteiger partial charge in [-0.2, -0.15) is 0 Å². The van der Waals surface area contributed by atoms with Crippen molar-refractivity contribution in [3.8, 4) is 0 Å².